The minimum Gasteiger partial charge on any atom is -0.503 e. The van der Waals surface area contributed by atoms with Crippen LogP contribution >= 0.6 is 0 Å². The summed E-state index contributed by atoms with van der Waals surface area (Å²) < 4.78 is 28.6. The molecule has 1 unspecified atom stereocenters. The van der Waals surface area contributed by atoms with Gasteiger partial charge in [0.05, 0.1) is 12.1 Å². The molecule has 3 aromatic rings. The Balaban J connectivity index is 1.39. The Hall–Kier alpha value is -3.85. The number of aryl methyl sites for hydroxylation is 1. The molecule has 3 heterocycles. The number of carbonyl (C=O) groups is 2. The van der Waals surface area contributed by atoms with Gasteiger partial charge in [0.25, 0.3) is 5.91 Å². The van der Waals surface area contributed by atoms with Crippen LogP contribution in [0.15, 0.2) is 59.5 Å². The summed E-state index contributed by atoms with van der Waals surface area (Å²) in [6.07, 6.45) is 2.34. The number of likely N-dealkylation sites (N-methyl/N-ethyl adjacent to an activating group) is 1. The molecular weight excluding hydrogens is 480 g/mol. The minimum absolute atomic E-state index is 0.0356. The zero-order chi connectivity index (χ0) is 26.3. The smallest absolute Gasteiger partial charge is 0.275 e. The van der Waals surface area contributed by atoms with Gasteiger partial charge in [-0.2, -0.15) is 0 Å². The van der Waals surface area contributed by atoms with Gasteiger partial charge < -0.3 is 14.6 Å². The minimum atomic E-state index is -0.921. The van der Waals surface area contributed by atoms with Crippen LogP contribution in [0.25, 0.3) is 0 Å². The highest BCUT2D eigenvalue weighted by Crippen LogP contribution is 2.30. The molecule has 192 valence electrons. The van der Waals surface area contributed by atoms with Gasteiger partial charge in [0.1, 0.15) is 17.8 Å². The van der Waals surface area contributed by atoms with Crippen LogP contribution in [-0.2, 0) is 19.4 Å². The summed E-state index contributed by atoms with van der Waals surface area (Å²) in [4.78, 5) is 42.9. The Bertz CT molecular complexity index is 1420. The first-order valence-electron chi connectivity index (χ1n) is 12.2. The number of aromatic hydroxyl groups is 1. The first kappa shape index (κ1) is 24.8. The third-order valence-corrected chi connectivity index (χ3v) is 7.44. The molecule has 1 N–H and O–H groups in total. The van der Waals surface area contributed by atoms with E-state index in [1.807, 2.05) is 25.2 Å². The SMILES string of the molecule is CN1C2Cn3cc(C(=O)CCc4ccc(F)cc4F)c(=O)c(O)c3C(=O)N2CC[C@@H]1Cc1ccccc1. The van der Waals surface area contributed by atoms with Gasteiger partial charge in [-0.05, 0) is 43.5 Å². The summed E-state index contributed by atoms with van der Waals surface area (Å²) in [5, 5.41) is 10.7. The number of Topliss-reactive ketones (excluding diaryl/α,β-unsaturated/α-hetero) is 1. The molecule has 1 fully saturated rings. The zero-order valence-electron chi connectivity index (χ0n) is 20.4. The van der Waals surface area contributed by atoms with E-state index in [9.17, 15) is 28.3 Å². The van der Waals surface area contributed by atoms with E-state index in [0.717, 1.165) is 25.0 Å². The zero-order valence-corrected chi connectivity index (χ0v) is 20.4. The average molecular weight is 508 g/mol. The number of nitrogens with zero attached hydrogens (tertiary/aromatic N) is 3. The summed E-state index contributed by atoms with van der Waals surface area (Å²) >= 11 is 0. The van der Waals surface area contributed by atoms with Crippen LogP contribution < -0.4 is 5.43 Å². The molecule has 0 aliphatic carbocycles. The maximum atomic E-state index is 14.0. The van der Waals surface area contributed by atoms with E-state index in [2.05, 4.69) is 17.0 Å². The van der Waals surface area contributed by atoms with E-state index >= 15 is 0 Å². The van der Waals surface area contributed by atoms with Gasteiger partial charge in [-0.25, -0.2) is 8.78 Å². The van der Waals surface area contributed by atoms with Crippen molar-refractivity contribution in [2.75, 3.05) is 13.6 Å². The van der Waals surface area contributed by atoms with Gasteiger partial charge in [0.2, 0.25) is 5.43 Å². The number of ketones is 1. The molecule has 2 atom stereocenters. The maximum absolute atomic E-state index is 14.0. The van der Waals surface area contributed by atoms with Crippen LogP contribution in [0.3, 0.4) is 0 Å². The van der Waals surface area contributed by atoms with Crippen LogP contribution in [0.4, 0.5) is 8.78 Å². The number of amides is 1. The molecule has 2 aliphatic rings. The molecule has 0 saturated carbocycles. The Labute approximate surface area is 212 Å². The summed E-state index contributed by atoms with van der Waals surface area (Å²) in [7, 11) is 1.95. The van der Waals surface area contributed by atoms with E-state index in [-0.39, 0.29) is 48.4 Å². The van der Waals surface area contributed by atoms with Crippen LogP contribution in [0, 0.1) is 11.6 Å². The largest absolute Gasteiger partial charge is 0.503 e. The number of hydrogen-bond donors (Lipinski definition) is 1. The number of aromatic nitrogens is 1. The lowest BCUT2D eigenvalue weighted by Gasteiger charge is -2.49. The number of benzene rings is 2. The normalized spacial score (nSPS) is 19.4. The first-order valence-corrected chi connectivity index (χ1v) is 12.2. The predicted octanol–water partition coefficient (Wildman–Crippen LogP) is 3.38. The lowest BCUT2D eigenvalue weighted by molar-refractivity contribution is -0.0239. The van der Waals surface area contributed by atoms with E-state index in [0.29, 0.717) is 6.54 Å². The van der Waals surface area contributed by atoms with Crippen molar-refractivity contribution >= 4 is 11.7 Å². The molecule has 0 bridgehead atoms. The van der Waals surface area contributed by atoms with Gasteiger partial charge >= 0.3 is 0 Å². The van der Waals surface area contributed by atoms with Crippen LogP contribution in [-0.4, -0.2) is 57.0 Å². The summed E-state index contributed by atoms with van der Waals surface area (Å²) in [6.45, 7) is 0.770. The first-order chi connectivity index (χ1) is 17.7. The summed E-state index contributed by atoms with van der Waals surface area (Å²) in [5.74, 6) is -3.29. The van der Waals surface area contributed by atoms with Crippen molar-refractivity contribution in [1.82, 2.24) is 14.4 Å². The van der Waals surface area contributed by atoms with Crippen molar-refractivity contribution in [3.05, 3.63) is 99.0 Å². The molecule has 1 amide bonds. The molecule has 0 spiro atoms. The third kappa shape index (κ3) is 4.67. The Morgan fingerprint density at radius 1 is 1.11 bits per heavy atom. The molecule has 0 radical (unpaired) electrons. The number of carbonyl (C=O) groups excluding carboxylic acids is 2. The molecule has 5 rings (SSSR count). The number of hydrogen-bond acceptors (Lipinski definition) is 5. The second-order valence-corrected chi connectivity index (χ2v) is 9.66. The van der Waals surface area contributed by atoms with E-state index in [1.165, 1.54) is 22.4 Å². The molecule has 2 aromatic carbocycles. The van der Waals surface area contributed by atoms with Gasteiger partial charge in [0, 0.05) is 31.3 Å². The Kier molecular flexibility index (Phi) is 6.64. The van der Waals surface area contributed by atoms with Crippen molar-refractivity contribution < 1.29 is 23.5 Å². The molecule has 1 saturated heterocycles. The van der Waals surface area contributed by atoms with Gasteiger partial charge in [-0.3, -0.25) is 19.3 Å². The van der Waals surface area contributed by atoms with Crippen LogP contribution in [0.2, 0.25) is 0 Å². The highest BCUT2D eigenvalue weighted by atomic mass is 19.1. The van der Waals surface area contributed by atoms with Crippen molar-refractivity contribution in [1.29, 1.82) is 0 Å². The average Bonchev–Trinajstić information content (AvgIpc) is 2.88. The number of pyridine rings is 1. The van der Waals surface area contributed by atoms with Crippen molar-refractivity contribution in [3.8, 4) is 5.75 Å². The second-order valence-electron chi connectivity index (χ2n) is 9.66. The number of halogens is 2. The molecule has 37 heavy (non-hydrogen) atoms. The van der Waals surface area contributed by atoms with Gasteiger partial charge in [0.15, 0.2) is 17.2 Å². The maximum Gasteiger partial charge on any atom is 0.275 e. The van der Waals surface area contributed by atoms with Crippen LogP contribution in [0.1, 0.15) is 44.8 Å². The lowest BCUT2D eigenvalue weighted by Crippen LogP contribution is -2.63. The summed E-state index contributed by atoms with van der Waals surface area (Å²) in [5.41, 5.74) is 0.0369. The Morgan fingerprint density at radius 3 is 2.59 bits per heavy atom. The van der Waals surface area contributed by atoms with Crippen molar-refractivity contribution in [3.63, 3.8) is 0 Å². The fourth-order valence-corrected chi connectivity index (χ4v) is 5.34. The van der Waals surface area contributed by atoms with E-state index in [4.69, 9.17) is 0 Å². The number of fused-ring (bicyclic) bond motifs is 2. The highest BCUT2D eigenvalue weighted by Gasteiger charge is 2.42. The highest BCUT2D eigenvalue weighted by molar-refractivity contribution is 6.00. The summed E-state index contributed by atoms with van der Waals surface area (Å²) in [6, 6.07) is 13.4. The fourth-order valence-electron chi connectivity index (χ4n) is 5.34. The molecule has 9 heteroatoms. The topological polar surface area (TPSA) is 82.9 Å². The standard InChI is InChI=1S/C28H27F2N3O4/c1-31-20(13-17-5-3-2-4-6-17)11-12-33-24(31)16-32-15-21(26(35)27(36)25(32)28(33)37)23(34)10-8-18-7-9-19(29)14-22(18)30/h2-7,9,14-15,20,24,36H,8,10-13,16H2,1H3/t20-,24?/m1/s1. The fraction of sp³-hybridized carbons (Fsp3) is 0.321. The molecule has 1 aromatic heterocycles. The molecular formula is C28H27F2N3O4. The van der Waals surface area contributed by atoms with Crippen LogP contribution in [0.5, 0.6) is 5.75 Å². The molecule has 2 aliphatic heterocycles. The second kappa shape index (κ2) is 9.89. The van der Waals surface area contributed by atoms with E-state index in [1.54, 1.807) is 4.90 Å². The predicted molar refractivity (Wildman–Crippen MR) is 133 cm³/mol. The molecule has 7 nitrogen and oxygen atoms in total. The lowest BCUT2D eigenvalue weighted by atomic mass is 9.97. The monoisotopic (exact) mass is 507 g/mol. The van der Waals surface area contributed by atoms with E-state index < -0.39 is 34.5 Å². The Morgan fingerprint density at radius 2 is 1.86 bits per heavy atom. The van der Waals surface area contributed by atoms with Gasteiger partial charge in [-0.15, -0.1) is 0 Å². The quantitative estimate of drug-likeness (QED) is 0.518. The van der Waals surface area contributed by atoms with Crippen molar-refractivity contribution in [2.45, 2.75) is 44.4 Å². The van der Waals surface area contributed by atoms with Gasteiger partial charge in [-0.1, -0.05) is 36.4 Å². The van der Waals surface area contributed by atoms with Crippen molar-refractivity contribution in [2.24, 2.45) is 0 Å². The number of rotatable bonds is 6. The third-order valence-electron chi connectivity index (χ3n) is 7.44.